The second-order valence-corrected chi connectivity index (χ2v) is 3.35. The number of phenols is 2. The first kappa shape index (κ1) is 13.7. The van der Waals surface area contributed by atoms with E-state index in [0.717, 1.165) is 0 Å². The highest BCUT2D eigenvalue weighted by Crippen LogP contribution is 2.34. The van der Waals surface area contributed by atoms with E-state index in [9.17, 15) is 5.11 Å². The van der Waals surface area contributed by atoms with Gasteiger partial charge in [0.2, 0.25) is 5.75 Å². The highest BCUT2D eigenvalue weighted by Gasteiger charge is 2.05. The molecule has 0 atom stereocenters. The lowest BCUT2D eigenvalue weighted by Crippen LogP contribution is -1.87. The monoisotopic (exact) mass is 248 g/mol. The van der Waals surface area contributed by atoms with E-state index in [0.29, 0.717) is 17.2 Å². The van der Waals surface area contributed by atoms with Crippen LogP contribution in [0.5, 0.6) is 23.0 Å². The van der Waals surface area contributed by atoms with Crippen LogP contribution in [0, 0.1) is 0 Å². The SMILES string of the molecule is COc1cccc(OC)c1O.Oc1ccccc1. The van der Waals surface area contributed by atoms with Crippen LogP contribution in [0.15, 0.2) is 48.5 Å². The molecule has 2 N–H and O–H groups in total. The third-order valence-corrected chi connectivity index (χ3v) is 2.16. The predicted molar refractivity (Wildman–Crippen MR) is 69.3 cm³/mol. The number of phenolic OH excluding ortho intramolecular Hbond substituents is 2. The molecule has 0 aliphatic heterocycles. The minimum Gasteiger partial charge on any atom is -0.508 e. The molecule has 0 spiro atoms. The van der Waals surface area contributed by atoms with Crippen LogP contribution < -0.4 is 9.47 Å². The van der Waals surface area contributed by atoms with Crippen molar-refractivity contribution in [2.45, 2.75) is 0 Å². The molecule has 0 saturated heterocycles. The van der Waals surface area contributed by atoms with Crippen molar-refractivity contribution in [3.05, 3.63) is 48.5 Å². The van der Waals surface area contributed by atoms with Gasteiger partial charge in [-0.05, 0) is 24.3 Å². The van der Waals surface area contributed by atoms with Gasteiger partial charge < -0.3 is 19.7 Å². The fourth-order valence-electron chi connectivity index (χ4n) is 1.26. The van der Waals surface area contributed by atoms with Gasteiger partial charge in [0.25, 0.3) is 0 Å². The molecule has 4 nitrogen and oxygen atoms in total. The van der Waals surface area contributed by atoms with Crippen molar-refractivity contribution in [3.63, 3.8) is 0 Å². The maximum absolute atomic E-state index is 9.34. The van der Waals surface area contributed by atoms with Gasteiger partial charge >= 0.3 is 0 Å². The van der Waals surface area contributed by atoms with Crippen LogP contribution >= 0.6 is 0 Å². The van der Waals surface area contributed by atoms with Gasteiger partial charge in [-0.25, -0.2) is 0 Å². The molecule has 0 heterocycles. The van der Waals surface area contributed by atoms with E-state index in [1.54, 1.807) is 42.5 Å². The third kappa shape index (κ3) is 3.90. The summed E-state index contributed by atoms with van der Waals surface area (Å²) in [6, 6.07) is 13.8. The highest BCUT2D eigenvalue weighted by molar-refractivity contribution is 5.49. The Kier molecular flexibility index (Phi) is 5.38. The average molecular weight is 248 g/mol. The summed E-state index contributed by atoms with van der Waals surface area (Å²) >= 11 is 0. The van der Waals surface area contributed by atoms with E-state index < -0.39 is 0 Å². The molecular formula is C14H16O4. The van der Waals surface area contributed by atoms with Crippen LogP contribution in [0.25, 0.3) is 0 Å². The minimum atomic E-state index is 0.0394. The fourth-order valence-corrected chi connectivity index (χ4v) is 1.26. The Hall–Kier alpha value is -2.36. The van der Waals surface area contributed by atoms with Crippen LogP contribution in [0.1, 0.15) is 0 Å². The van der Waals surface area contributed by atoms with E-state index >= 15 is 0 Å². The van der Waals surface area contributed by atoms with Crippen molar-refractivity contribution < 1.29 is 19.7 Å². The third-order valence-electron chi connectivity index (χ3n) is 2.16. The van der Waals surface area contributed by atoms with Crippen molar-refractivity contribution in [1.82, 2.24) is 0 Å². The van der Waals surface area contributed by atoms with E-state index in [-0.39, 0.29) is 5.75 Å². The maximum atomic E-state index is 9.34. The van der Waals surface area contributed by atoms with E-state index in [1.807, 2.05) is 6.07 Å². The molecule has 0 aliphatic carbocycles. The minimum absolute atomic E-state index is 0.0394. The van der Waals surface area contributed by atoms with Gasteiger partial charge in [0.05, 0.1) is 14.2 Å². The molecule has 2 aromatic carbocycles. The number of benzene rings is 2. The van der Waals surface area contributed by atoms with Gasteiger partial charge in [-0.2, -0.15) is 0 Å². The largest absolute Gasteiger partial charge is 0.508 e. The molecule has 2 aromatic rings. The number of ether oxygens (including phenoxy) is 2. The Bertz CT molecular complexity index is 446. The lowest BCUT2D eigenvalue weighted by Gasteiger charge is -2.06. The molecule has 0 unspecified atom stereocenters. The first-order valence-corrected chi connectivity index (χ1v) is 5.33. The number of hydrogen-bond acceptors (Lipinski definition) is 4. The molecule has 0 radical (unpaired) electrons. The normalized spacial score (nSPS) is 9.00. The van der Waals surface area contributed by atoms with Crippen molar-refractivity contribution in [3.8, 4) is 23.0 Å². The lowest BCUT2D eigenvalue weighted by atomic mass is 10.3. The highest BCUT2D eigenvalue weighted by atomic mass is 16.5. The van der Waals surface area contributed by atoms with Crippen LogP contribution in [0.2, 0.25) is 0 Å². The second kappa shape index (κ2) is 7.06. The first-order valence-electron chi connectivity index (χ1n) is 5.33. The molecule has 0 amide bonds. The summed E-state index contributed by atoms with van der Waals surface area (Å²) < 4.78 is 9.71. The quantitative estimate of drug-likeness (QED) is 0.858. The van der Waals surface area contributed by atoms with Gasteiger partial charge in [0, 0.05) is 0 Å². The molecule has 0 aromatic heterocycles. The molecular weight excluding hydrogens is 232 g/mol. The maximum Gasteiger partial charge on any atom is 0.200 e. The number of para-hydroxylation sites is 2. The molecule has 0 fully saturated rings. The Morgan fingerprint density at radius 2 is 1.22 bits per heavy atom. The van der Waals surface area contributed by atoms with Crippen LogP contribution in [-0.4, -0.2) is 24.4 Å². The summed E-state index contributed by atoms with van der Waals surface area (Å²) in [6.45, 7) is 0. The van der Waals surface area contributed by atoms with Gasteiger partial charge in [0.15, 0.2) is 11.5 Å². The first-order chi connectivity index (χ1) is 8.69. The summed E-state index contributed by atoms with van der Waals surface area (Å²) in [7, 11) is 2.99. The molecule has 18 heavy (non-hydrogen) atoms. The summed E-state index contributed by atoms with van der Waals surface area (Å²) in [5.41, 5.74) is 0. The van der Waals surface area contributed by atoms with Crippen molar-refractivity contribution in [2.75, 3.05) is 14.2 Å². The average Bonchev–Trinajstić information content (AvgIpc) is 2.41. The molecule has 0 saturated carbocycles. The number of aromatic hydroxyl groups is 2. The van der Waals surface area contributed by atoms with Crippen molar-refractivity contribution in [2.24, 2.45) is 0 Å². The summed E-state index contributed by atoms with van der Waals surface area (Å²) in [5, 5.41) is 18.0. The zero-order valence-electron chi connectivity index (χ0n) is 10.3. The van der Waals surface area contributed by atoms with Crippen LogP contribution in [0.4, 0.5) is 0 Å². The molecule has 2 rings (SSSR count). The van der Waals surface area contributed by atoms with Crippen LogP contribution in [-0.2, 0) is 0 Å². The lowest BCUT2D eigenvalue weighted by molar-refractivity contribution is 0.340. The van der Waals surface area contributed by atoms with E-state index in [4.69, 9.17) is 14.6 Å². The van der Waals surface area contributed by atoms with E-state index in [2.05, 4.69) is 0 Å². The Balaban J connectivity index is 0.000000199. The van der Waals surface area contributed by atoms with E-state index in [1.165, 1.54) is 14.2 Å². The van der Waals surface area contributed by atoms with Crippen LogP contribution in [0.3, 0.4) is 0 Å². The standard InChI is InChI=1S/C8H10O3.C6H6O/c1-10-6-4-3-5-7(11-2)8(6)9;7-6-4-2-1-3-5-6/h3-5,9H,1-2H3;1-5,7H. The Morgan fingerprint density at radius 3 is 1.56 bits per heavy atom. The number of methoxy groups -OCH3 is 2. The van der Waals surface area contributed by atoms with Crippen molar-refractivity contribution >= 4 is 0 Å². The molecule has 4 heteroatoms. The zero-order valence-corrected chi connectivity index (χ0v) is 10.3. The molecule has 0 aliphatic rings. The van der Waals surface area contributed by atoms with Crippen molar-refractivity contribution in [1.29, 1.82) is 0 Å². The molecule has 96 valence electrons. The zero-order chi connectivity index (χ0) is 13.4. The summed E-state index contributed by atoms with van der Waals surface area (Å²) in [4.78, 5) is 0. The van der Waals surface area contributed by atoms with Gasteiger partial charge in [0.1, 0.15) is 5.75 Å². The topological polar surface area (TPSA) is 58.9 Å². The Labute approximate surface area is 106 Å². The smallest absolute Gasteiger partial charge is 0.200 e. The second-order valence-electron chi connectivity index (χ2n) is 3.35. The van der Waals surface area contributed by atoms with Gasteiger partial charge in [-0.3, -0.25) is 0 Å². The van der Waals surface area contributed by atoms with Gasteiger partial charge in [-0.15, -0.1) is 0 Å². The Morgan fingerprint density at radius 1 is 0.722 bits per heavy atom. The number of rotatable bonds is 2. The summed E-state index contributed by atoms with van der Waals surface area (Å²) in [5.74, 6) is 1.20. The fraction of sp³-hybridized carbons (Fsp3) is 0.143. The van der Waals surface area contributed by atoms with Gasteiger partial charge in [-0.1, -0.05) is 24.3 Å². The predicted octanol–water partition coefficient (Wildman–Crippen LogP) is 2.80. The summed E-state index contributed by atoms with van der Waals surface area (Å²) in [6.07, 6.45) is 0. The molecule has 0 bridgehead atoms. The number of hydrogen-bond donors (Lipinski definition) is 2.